The van der Waals surface area contributed by atoms with Gasteiger partial charge >= 0.3 is 0 Å². The minimum Gasteiger partial charge on any atom is -0.506 e. The van der Waals surface area contributed by atoms with Gasteiger partial charge in [0, 0.05) is 12.1 Å². The van der Waals surface area contributed by atoms with Crippen LogP contribution in [-0.4, -0.2) is 10.6 Å². The predicted molar refractivity (Wildman–Crippen MR) is 73.6 cm³/mol. The van der Waals surface area contributed by atoms with Gasteiger partial charge in [0.25, 0.3) is 0 Å². The lowest BCUT2D eigenvalue weighted by Gasteiger charge is -2.32. The van der Waals surface area contributed by atoms with E-state index in [4.69, 9.17) is 11.6 Å². The van der Waals surface area contributed by atoms with Crippen molar-refractivity contribution in [2.45, 2.75) is 52.1 Å². The summed E-state index contributed by atoms with van der Waals surface area (Å²) in [5.41, 5.74) is 1.32. The summed E-state index contributed by atoms with van der Waals surface area (Å²) < 4.78 is 0. The number of phenolic OH excluding ortho intramolecular Hbond substituents is 1. The molecule has 1 aromatic rings. The van der Waals surface area contributed by atoms with Crippen molar-refractivity contribution < 1.29 is 5.11 Å². The van der Waals surface area contributed by atoms with Gasteiger partial charge < -0.3 is 10.4 Å². The minimum atomic E-state index is 0.142. The van der Waals surface area contributed by atoms with Crippen molar-refractivity contribution in [3.63, 3.8) is 0 Å². The van der Waals surface area contributed by atoms with E-state index in [2.05, 4.69) is 26.1 Å². The average molecular weight is 256 g/mol. The Labute approximate surface area is 109 Å². The molecule has 2 nitrogen and oxygen atoms in total. The summed E-state index contributed by atoms with van der Waals surface area (Å²) in [5.74, 6) is 0.142. The third kappa shape index (κ3) is 3.62. The van der Waals surface area contributed by atoms with E-state index in [1.165, 1.54) is 0 Å². The molecule has 0 fully saturated rings. The molecule has 96 valence electrons. The maximum Gasteiger partial charge on any atom is 0.134 e. The average Bonchev–Trinajstić information content (AvgIpc) is 2.36. The highest BCUT2D eigenvalue weighted by atomic mass is 35.5. The molecule has 3 heteroatoms. The van der Waals surface area contributed by atoms with Crippen molar-refractivity contribution in [2.24, 2.45) is 0 Å². The molecule has 0 aliphatic heterocycles. The van der Waals surface area contributed by atoms with Crippen LogP contribution in [-0.2, 0) is 6.54 Å². The fourth-order valence-corrected chi connectivity index (χ4v) is 2.28. The van der Waals surface area contributed by atoms with E-state index >= 15 is 0 Å². The number of hydrogen-bond acceptors (Lipinski definition) is 2. The molecule has 1 rings (SSSR count). The largest absolute Gasteiger partial charge is 0.506 e. The molecule has 0 radical (unpaired) electrons. The summed E-state index contributed by atoms with van der Waals surface area (Å²) in [6.07, 6.45) is 3.35. The molecule has 0 saturated carbocycles. The second-order valence-corrected chi connectivity index (χ2v) is 4.89. The molecule has 0 aliphatic carbocycles. The topological polar surface area (TPSA) is 32.3 Å². The van der Waals surface area contributed by atoms with Gasteiger partial charge in [-0.2, -0.15) is 0 Å². The lowest BCUT2D eigenvalue weighted by molar-refractivity contribution is 0.288. The monoisotopic (exact) mass is 255 g/mol. The van der Waals surface area contributed by atoms with Crippen LogP contribution in [0.4, 0.5) is 0 Å². The van der Waals surface area contributed by atoms with E-state index in [9.17, 15) is 5.11 Å². The SMILES string of the molecule is CCC(CC)(CC)NCc1ccc(O)c(Cl)c1. The molecule has 0 aromatic heterocycles. The van der Waals surface area contributed by atoms with Gasteiger partial charge in [-0.3, -0.25) is 0 Å². The van der Waals surface area contributed by atoms with Gasteiger partial charge in [-0.1, -0.05) is 38.4 Å². The van der Waals surface area contributed by atoms with Crippen molar-refractivity contribution in [3.8, 4) is 5.75 Å². The first-order chi connectivity index (χ1) is 8.06. The second-order valence-electron chi connectivity index (χ2n) is 4.48. The Hall–Kier alpha value is -0.730. The van der Waals surface area contributed by atoms with Crippen LogP contribution in [0.3, 0.4) is 0 Å². The van der Waals surface area contributed by atoms with Gasteiger partial charge in [0.2, 0.25) is 0 Å². The smallest absolute Gasteiger partial charge is 0.134 e. The first-order valence-corrected chi connectivity index (χ1v) is 6.67. The van der Waals surface area contributed by atoms with Gasteiger partial charge in [0.1, 0.15) is 5.75 Å². The summed E-state index contributed by atoms with van der Waals surface area (Å²) in [7, 11) is 0. The van der Waals surface area contributed by atoms with Crippen LogP contribution in [0, 0.1) is 0 Å². The molecule has 0 heterocycles. The highest BCUT2D eigenvalue weighted by Gasteiger charge is 2.22. The summed E-state index contributed by atoms with van der Waals surface area (Å²) in [6.45, 7) is 7.42. The molecule has 0 amide bonds. The Morgan fingerprint density at radius 3 is 2.24 bits per heavy atom. The lowest BCUT2D eigenvalue weighted by atomic mass is 9.89. The molecule has 0 spiro atoms. The Kier molecular flexibility index (Phi) is 5.29. The van der Waals surface area contributed by atoms with Crippen LogP contribution in [0.25, 0.3) is 0 Å². The zero-order valence-corrected chi connectivity index (χ0v) is 11.6. The zero-order chi connectivity index (χ0) is 12.9. The first-order valence-electron chi connectivity index (χ1n) is 6.29. The van der Waals surface area contributed by atoms with Gasteiger partial charge in [0.15, 0.2) is 0 Å². The van der Waals surface area contributed by atoms with E-state index < -0.39 is 0 Å². The third-order valence-corrected chi connectivity index (χ3v) is 4.01. The van der Waals surface area contributed by atoms with Crippen molar-refractivity contribution in [3.05, 3.63) is 28.8 Å². The third-order valence-electron chi connectivity index (χ3n) is 3.71. The summed E-state index contributed by atoms with van der Waals surface area (Å²) in [6, 6.07) is 5.36. The number of aromatic hydroxyl groups is 1. The Balaban J connectivity index is 2.68. The molecule has 0 aliphatic rings. The Morgan fingerprint density at radius 1 is 1.18 bits per heavy atom. The maximum atomic E-state index is 9.36. The van der Waals surface area contributed by atoms with Gasteiger partial charge in [-0.25, -0.2) is 0 Å². The Morgan fingerprint density at radius 2 is 1.76 bits per heavy atom. The number of rotatable bonds is 6. The standard InChI is InChI=1S/C14H22ClNO/c1-4-14(5-2,6-3)16-10-11-7-8-13(17)12(15)9-11/h7-9,16-17H,4-6,10H2,1-3H3. The maximum absolute atomic E-state index is 9.36. The van der Waals surface area contributed by atoms with Crippen LogP contribution in [0.15, 0.2) is 18.2 Å². The summed E-state index contributed by atoms with van der Waals surface area (Å²) in [5, 5.41) is 13.4. The summed E-state index contributed by atoms with van der Waals surface area (Å²) >= 11 is 5.89. The van der Waals surface area contributed by atoms with E-state index in [-0.39, 0.29) is 11.3 Å². The highest BCUT2D eigenvalue weighted by molar-refractivity contribution is 6.32. The zero-order valence-electron chi connectivity index (χ0n) is 10.9. The summed E-state index contributed by atoms with van der Waals surface area (Å²) in [4.78, 5) is 0. The van der Waals surface area contributed by atoms with Crippen molar-refractivity contribution in [2.75, 3.05) is 0 Å². The van der Waals surface area contributed by atoms with Crippen LogP contribution in [0.2, 0.25) is 5.02 Å². The van der Waals surface area contributed by atoms with Crippen molar-refractivity contribution >= 4 is 11.6 Å². The predicted octanol–water partition coefficient (Wildman–Crippen LogP) is 4.10. The molecule has 0 atom stereocenters. The van der Waals surface area contributed by atoms with E-state index in [1.807, 2.05) is 12.1 Å². The highest BCUT2D eigenvalue weighted by Crippen LogP contribution is 2.25. The lowest BCUT2D eigenvalue weighted by Crippen LogP contribution is -2.43. The molecule has 0 unspecified atom stereocenters. The van der Waals surface area contributed by atoms with Crippen molar-refractivity contribution in [1.82, 2.24) is 5.32 Å². The number of phenols is 1. The van der Waals surface area contributed by atoms with Gasteiger partial charge in [-0.05, 0) is 37.0 Å². The number of nitrogens with one attached hydrogen (secondary N) is 1. The molecule has 0 bridgehead atoms. The molecule has 17 heavy (non-hydrogen) atoms. The van der Waals surface area contributed by atoms with Crippen LogP contribution < -0.4 is 5.32 Å². The second kappa shape index (κ2) is 6.27. The minimum absolute atomic E-state index is 0.142. The molecular weight excluding hydrogens is 234 g/mol. The van der Waals surface area contributed by atoms with E-state index in [1.54, 1.807) is 6.07 Å². The molecule has 0 saturated heterocycles. The van der Waals surface area contributed by atoms with E-state index in [0.717, 1.165) is 31.4 Å². The van der Waals surface area contributed by atoms with Gasteiger partial charge in [-0.15, -0.1) is 0 Å². The quantitative estimate of drug-likeness (QED) is 0.802. The van der Waals surface area contributed by atoms with E-state index in [0.29, 0.717) is 5.02 Å². The normalized spacial score (nSPS) is 11.8. The fourth-order valence-electron chi connectivity index (χ4n) is 2.07. The first kappa shape index (κ1) is 14.3. The van der Waals surface area contributed by atoms with Crippen molar-refractivity contribution in [1.29, 1.82) is 0 Å². The van der Waals surface area contributed by atoms with Gasteiger partial charge in [0.05, 0.1) is 5.02 Å². The van der Waals surface area contributed by atoms with Crippen LogP contribution in [0.1, 0.15) is 45.6 Å². The number of benzene rings is 1. The molecule has 2 N–H and O–H groups in total. The number of halogens is 1. The van der Waals surface area contributed by atoms with Crippen LogP contribution in [0.5, 0.6) is 5.75 Å². The molecule has 1 aromatic carbocycles. The number of hydrogen-bond donors (Lipinski definition) is 2. The molecular formula is C14H22ClNO. The Bertz CT molecular complexity index is 353. The van der Waals surface area contributed by atoms with Crippen LogP contribution >= 0.6 is 11.6 Å². The fraction of sp³-hybridized carbons (Fsp3) is 0.571.